The van der Waals surface area contributed by atoms with Gasteiger partial charge in [-0.15, -0.1) is 10.2 Å². The van der Waals surface area contributed by atoms with Crippen LogP contribution in [-0.2, 0) is 0 Å². The Labute approximate surface area is 100 Å². The van der Waals surface area contributed by atoms with Gasteiger partial charge in [-0.3, -0.25) is 0 Å². The molecule has 0 N–H and O–H groups in total. The minimum atomic E-state index is 0.434. The first kappa shape index (κ1) is 12.6. The largest absolute Gasteiger partial charge is 0.355 e. The molecule has 3 nitrogen and oxygen atoms in total. The molecule has 0 saturated heterocycles. The Hall–Kier alpha value is -0.480. The normalized spacial score (nSPS) is 12.5. The molecule has 1 aromatic heterocycles. The van der Waals surface area contributed by atoms with Crippen molar-refractivity contribution in [3.05, 3.63) is 17.3 Å². The van der Waals surface area contributed by atoms with Gasteiger partial charge in [0.15, 0.2) is 11.0 Å². The highest BCUT2D eigenvalue weighted by Crippen LogP contribution is 2.15. The van der Waals surface area contributed by atoms with Crippen molar-refractivity contribution in [2.24, 2.45) is 0 Å². The Morgan fingerprint density at radius 2 is 2.20 bits per heavy atom. The van der Waals surface area contributed by atoms with Crippen LogP contribution in [-0.4, -0.2) is 35.3 Å². The monoisotopic (exact) mass is 245 g/mol. The Kier molecular flexibility index (Phi) is 5.19. The van der Waals surface area contributed by atoms with Crippen LogP contribution in [0.4, 0.5) is 5.82 Å². The van der Waals surface area contributed by atoms with Crippen LogP contribution in [0.1, 0.15) is 13.3 Å². The summed E-state index contributed by atoms with van der Waals surface area (Å²) >= 11 is 7.55. The predicted molar refractivity (Wildman–Crippen MR) is 67.9 cm³/mol. The van der Waals surface area contributed by atoms with Gasteiger partial charge < -0.3 is 4.90 Å². The molecule has 0 aliphatic rings. The van der Waals surface area contributed by atoms with E-state index in [-0.39, 0.29) is 0 Å². The minimum Gasteiger partial charge on any atom is -0.355 e. The molecule has 0 spiro atoms. The number of halogens is 1. The van der Waals surface area contributed by atoms with Gasteiger partial charge in [-0.1, -0.05) is 11.6 Å². The molecule has 0 fully saturated rings. The zero-order valence-corrected chi connectivity index (χ0v) is 10.8. The van der Waals surface area contributed by atoms with Crippen molar-refractivity contribution >= 4 is 29.2 Å². The zero-order valence-electron chi connectivity index (χ0n) is 9.27. The number of rotatable bonds is 5. The van der Waals surface area contributed by atoms with Crippen LogP contribution in [0, 0.1) is 0 Å². The molecular weight excluding hydrogens is 230 g/mol. The van der Waals surface area contributed by atoms with E-state index < -0.39 is 0 Å². The highest BCUT2D eigenvalue weighted by Gasteiger charge is 2.10. The summed E-state index contributed by atoms with van der Waals surface area (Å²) in [6, 6.07) is 4.12. The van der Waals surface area contributed by atoms with Crippen LogP contribution in [0.5, 0.6) is 0 Å². The molecule has 0 bridgehead atoms. The van der Waals surface area contributed by atoms with Crippen LogP contribution in [0.25, 0.3) is 0 Å². The van der Waals surface area contributed by atoms with E-state index in [0.717, 1.165) is 18.0 Å². The van der Waals surface area contributed by atoms with E-state index >= 15 is 0 Å². The van der Waals surface area contributed by atoms with Crippen molar-refractivity contribution in [2.45, 2.75) is 19.4 Å². The number of nitrogens with zero attached hydrogens (tertiary/aromatic N) is 3. The maximum absolute atomic E-state index is 5.68. The van der Waals surface area contributed by atoms with Gasteiger partial charge in [0.2, 0.25) is 0 Å². The molecule has 5 heteroatoms. The van der Waals surface area contributed by atoms with Gasteiger partial charge in [0.1, 0.15) is 0 Å². The van der Waals surface area contributed by atoms with Crippen molar-refractivity contribution < 1.29 is 0 Å². The summed E-state index contributed by atoms with van der Waals surface area (Å²) in [6.45, 7) is 2.19. The van der Waals surface area contributed by atoms with E-state index in [1.54, 1.807) is 6.07 Å². The molecule has 1 rings (SSSR count). The lowest BCUT2D eigenvalue weighted by Gasteiger charge is -2.25. The molecule has 0 saturated carbocycles. The molecule has 0 aliphatic carbocycles. The predicted octanol–water partition coefficient (Wildman–Crippen LogP) is 2.71. The molecule has 0 aromatic carbocycles. The second kappa shape index (κ2) is 6.18. The molecule has 1 aromatic rings. The standard InChI is InChI=1S/C10H16ClN3S/c1-8(6-7-15-3)14(2)10-5-4-9(11)12-13-10/h4-5,8H,6-7H2,1-3H3. The smallest absolute Gasteiger partial charge is 0.151 e. The quantitative estimate of drug-likeness (QED) is 0.798. The summed E-state index contributed by atoms with van der Waals surface area (Å²) in [6.07, 6.45) is 3.26. The number of hydrogen-bond donors (Lipinski definition) is 0. The summed E-state index contributed by atoms with van der Waals surface area (Å²) in [5.74, 6) is 2.03. The third kappa shape index (κ3) is 3.87. The highest BCUT2D eigenvalue weighted by atomic mass is 35.5. The first-order chi connectivity index (χ1) is 7.15. The molecule has 15 heavy (non-hydrogen) atoms. The lowest BCUT2D eigenvalue weighted by molar-refractivity contribution is 0.657. The molecule has 1 heterocycles. The fourth-order valence-electron chi connectivity index (χ4n) is 1.20. The van der Waals surface area contributed by atoms with Crippen LogP contribution in [0.15, 0.2) is 12.1 Å². The number of hydrogen-bond acceptors (Lipinski definition) is 4. The topological polar surface area (TPSA) is 29.0 Å². The lowest BCUT2D eigenvalue weighted by Crippen LogP contribution is -2.30. The Bertz CT molecular complexity index is 291. The SMILES string of the molecule is CSCCC(C)N(C)c1ccc(Cl)nn1. The minimum absolute atomic E-state index is 0.434. The van der Waals surface area contributed by atoms with Gasteiger partial charge in [0, 0.05) is 13.1 Å². The van der Waals surface area contributed by atoms with Crippen molar-refractivity contribution in [3.63, 3.8) is 0 Å². The number of anilines is 1. The van der Waals surface area contributed by atoms with Crippen molar-refractivity contribution in [1.29, 1.82) is 0 Å². The van der Waals surface area contributed by atoms with Gasteiger partial charge in [-0.25, -0.2) is 0 Å². The molecule has 0 amide bonds. The maximum Gasteiger partial charge on any atom is 0.151 e. The van der Waals surface area contributed by atoms with Gasteiger partial charge in [-0.05, 0) is 37.5 Å². The molecule has 0 aliphatic heterocycles. The molecule has 84 valence electrons. The Morgan fingerprint density at radius 3 is 2.73 bits per heavy atom. The highest BCUT2D eigenvalue weighted by molar-refractivity contribution is 7.98. The summed E-state index contributed by atoms with van der Waals surface area (Å²) in [4.78, 5) is 2.12. The second-order valence-corrected chi connectivity index (χ2v) is 4.83. The zero-order chi connectivity index (χ0) is 11.3. The van der Waals surface area contributed by atoms with E-state index in [2.05, 4.69) is 28.3 Å². The van der Waals surface area contributed by atoms with Crippen LogP contribution < -0.4 is 4.90 Å². The third-order valence-electron chi connectivity index (χ3n) is 2.38. The number of aromatic nitrogens is 2. The average molecular weight is 246 g/mol. The fourth-order valence-corrected chi connectivity index (χ4v) is 1.88. The van der Waals surface area contributed by atoms with E-state index in [9.17, 15) is 0 Å². The fraction of sp³-hybridized carbons (Fsp3) is 0.600. The Morgan fingerprint density at radius 1 is 1.47 bits per heavy atom. The van der Waals surface area contributed by atoms with E-state index in [0.29, 0.717) is 11.2 Å². The summed E-state index contributed by atoms with van der Waals surface area (Å²) in [5, 5.41) is 8.31. The van der Waals surface area contributed by atoms with Gasteiger partial charge in [-0.2, -0.15) is 11.8 Å². The van der Waals surface area contributed by atoms with Crippen molar-refractivity contribution in [2.75, 3.05) is 24.0 Å². The Balaban J connectivity index is 2.59. The summed E-state index contributed by atoms with van der Waals surface area (Å²) in [5.41, 5.74) is 0. The van der Waals surface area contributed by atoms with E-state index in [1.165, 1.54) is 0 Å². The van der Waals surface area contributed by atoms with Crippen LogP contribution >= 0.6 is 23.4 Å². The first-order valence-corrected chi connectivity index (χ1v) is 6.63. The second-order valence-electron chi connectivity index (χ2n) is 3.46. The average Bonchev–Trinajstić information content (AvgIpc) is 2.26. The maximum atomic E-state index is 5.68. The van der Waals surface area contributed by atoms with Gasteiger partial charge >= 0.3 is 0 Å². The molecule has 1 atom stereocenters. The van der Waals surface area contributed by atoms with E-state index in [4.69, 9.17) is 11.6 Å². The molecule has 0 radical (unpaired) electrons. The van der Waals surface area contributed by atoms with Crippen LogP contribution in [0.2, 0.25) is 5.15 Å². The van der Waals surface area contributed by atoms with Gasteiger partial charge in [0.05, 0.1) is 0 Å². The molecule has 1 unspecified atom stereocenters. The van der Waals surface area contributed by atoms with E-state index in [1.807, 2.05) is 24.9 Å². The van der Waals surface area contributed by atoms with Gasteiger partial charge in [0.25, 0.3) is 0 Å². The summed E-state index contributed by atoms with van der Waals surface area (Å²) < 4.78 is 0. The third-order valence-corrected chi connectivity index (χ3v) is 3.23. The number of thioether (sulfide) groups is 1. The first-order valence-electron chi connectivity index (χ1n) is 4.86. The lowest BCUT2D eigenvalue weighted by atomic mass is 10.2. The van der Waals surface area contributed by atoms with Crippen LogP contribution in [0.3, 0.4) is 0 Å². The summed E-state index contributed by atoms with van der Waals surface area (Å²) in [7, 11) is 2.03. The van der Waals surface area contributed by atoms with Crippen molar-refractivity contribution in [3.8, 4) is 0 Å². The van der Waals surface area contributed by atoms with Crippen molar-refractivity contribution in [1.82, 2.24) is 10.2 Å². The molecular formula is C10H16ClN3S.